The van der Waals surface area contributed by atoms with E-state index in [2.05, 4.69) is 9.97 Å². The highest BCUT2D eigenvalue weighted by atomic mass is 32.3. The van der Waals surface area contributed by atoms with E-state index in [4.69, 9.17) is 0 Å². The Morgan fingerprint density at radius 3 is 2.54 bits per heavy atom. The number of hydrogen-bond acceptors (Lipinski definition) is 5. The van der Waals surface area contributed by atoms with Crippen LogP contribution in [0.2, 0.25) is 0 Å². The van der Waals surface area contributed by atoms with Crippen LogP contribution in [0.15, 0.2) is 52.4 Å². The Kier molecular flexibility index (Phi) is 3.92. The lowest BCUT2D eigenvalue weighted by Gasteiger charge is -2.06. The van der Waals surface area contributed by atoms with Crippen LogP contribution in [0.1, 0.15) is 6.92 Å². The highest BCUT2D eigenvalue weighted by Gasteiger charge is 2.20. The number of sulfone groups is 1. The number of benzene rings is 1. The van der Waals surface area contributed by atoms with Crippen LogP contribution in [0.4, 0.5) is 3.89 Å². The van der Waals surface area contributed by atoms with Gasteiger partial charge in [0.05, 0.1) is 21.2 Å². The number of rotatable bonds is 4. The van der Waals surface area contributed by atoms with Gasteiger partial charge in [-0.05, 0) is 36.4 Å². The van der Waals surface area contributed by atoms with Crippen LogP contribution < -0.4 is 0 Å². The summed E-state index contributed by atoms with van der Waals surface area (Å²) in [6, 6.07) is 8.28. The second-order valence-electron chi connectivity index (χ2n) is 5.12. The monoisotopic (exact) mass is 368 g/mol. The quantitative estimate of drug-likeness (QED) is 0.714. The van der Waals surface area contributed by atoms with Crippen molar-refractivity contribution < 1.29 is 20.7 Å². The average molecular weight is 368 g/mol. The minimum Gasteiger partial charge on any atom is -0.353 e. The van der Waals surface area contributed by atoms with Crippen LogP contribution in [-0.2, 0) is 20.1 Å². The van der Waals surface area contributed by atoms with Gasteiger partial charge in [0.25, 0.3) is 0 Å². The smallest absolute Gasteiger partial charge is 0.332 e. The molecule has 9 heteroatoms. The maximum absolute atomic E-state index is 13.1. The Morgan fingerprint density at radius 1 is 1.12 bits per heavy atom. The largest absolute Gasteiger partial charge is 0.353 e. The maximum atomic E-state index is 13.1. The molecule has 0 saturated carbocycles. The predicted molar refractivity (Wildman–Crippen MR) is 87.6 cm³/mol. The number of aromatic nitrogens is 2. The highest BCUT2D eigenvalue weighted by molar-refractivity contribution is 7.91. The van der Waals surface area contributed by atoms with Crippen LogP contribution in [0.3, 0.4) is 0 Å². The lowest BCUT2D eigenvalue weighted by atomic mass is 10.2. The number of hydrogen-bond donors (Lipinski definition) is 1. The first-order valence-electron chi connectivity index (χ1n) is 6.98. The third kappa shape index (κ3) is 2.92. The van der Waals surface area contributed by atoms with E-state index in [0.29, 0.717) is 16.6 Å². The van der Waals surface area contributed by atoms with Gasteiger partial charge in [0, 0.05) is 17.1 Å². The van der Waals surface area contributed by atoms with E-state index in [1.165, 1.54) is 37.4 Å². The molecule has 0 amide bonds. The molecule has 0 aliphatic heterocycles. The minimum atomic E-state index is -4.81. The lowest BCUT2D eigenvalue weighted by molar-refractivity contribution is 0.552. The van der Waals surface area contributed by atoms with Crippen molar-refractivity contribution in [3.8, 4) is 11.4 Å². The molecule has 0 radical (unpaired) electrons. The lowest BCUT2D eigenvalue weighted by Crippen LogP contribution is -2.06. The molecular formula is C15H13FN2O4S2. The summed E-state index contributed by atoms with van der Waals surface area (Å²) >= 11 is 0. The molecular weight excluding hydrogens is 355 g/mol. The molecule has 2 aromatic heterocycles. The van der Waals surface area contributed by atoms with Gasteiger partial charge in [-0.15, -0.1) is 3.89 Å². The van der Waals surface area contributed by atoms with Crippen molar-refractivity contribution in [3.05, 3.63) is 42.6 Å². The molecule has 6 nitrogen and oxygen atoms in total. The van der Waals surface area contributed by atoms with Crippen LogP contribution in [0.5, 0.6) is 0 Å². The fraction of sp³-hybridized carbons (Fsp3) is 0.133. The SMILES string of the molecule is CCS(=O)(=O)c1cccnc1-c1cc2cc(S(=O)(=O)F)ccc2[nH]1. The van der Waals surface area contributed by atoms with Crippen LogP contribution in [-0.4, -0.2) is 32.6 Å². The zero-order chi connectivity index (χ0) is 17.5. The maximum Gasteiger partial charge on any atom is 0.332 e. The fourth-order valence-electron chi connectivity index (χ4n) is 2.39. The van der Waals surface area contributed by atoms with Crippen molar-refractivity contribution in [2.75, 3.05) is 5.75 Å². The van der Waals surface area contributed by atoms with Crippen molar-refractivity contribution >= 4 is 31.0 Å². The van der Waals surface area contributed by atoms with E-state index >= 15 is 0 Å². The number of pyridine rings is 1. The summed E-state index contributed by atoms with van der Waals surface area (Å²) in [6.07, 6.45) is 1.47. The molecule has 0 bridgehead atoms. The molecule has 1 aromatic carbocycles. The Hall–Kier alpha value is -2.26. The first-order valence-corrected chi connectivity index (χ1v) is 10.0. The van der Waals surface area contributed by atoms with E-state index in [0.717, 1.165) is 6.07 Å². The molecule has 0 saturated heterocycles. The molecule has 1 N–H and O–H groups in total. The molecule has 126 valence electrons. The van der Waals surface area contributed by atoms with E-state index in [-0.39, 0.29) is 16.3 Å². The zero-order valence-electron chi connectivity index (χ0n) is 12.5. The summed E-state index contributed by atoms with van der Waals surface area (Å²) in [5.41, 5.74) is 1.19. The average Bonchev–Trinajstić information content (AvgIpc) is 2.97. The number of nitrogens with zero attached hydrogens (tertiary/aromatic N) is 1. The first-order chi connectivity index (χ1) is 11.2. The van der Waals surface area contributed by atoms with Crippen molar-refractivity contribution in [3.63, 3.8) is 0 Å². The second-order valence-corrected chi connectivity index (χ2v) is 8.72. The molecule has 3 aromatic rings. The number of nitrogens with one attached hydrogen (secondary N) is 1. The van der Waals surface area contributed by atoms with Gasteiger partial charge in [0.2, 0.25) is 0 Å². The molecule has 0 spiro atoms. The number of halogens is 1. The summed E-state index contributed by atoms with van der Waals surface area (Å²) in [7, 11) is -8.29. The summed E-state index contributed by atoms with van der Waals surface area (Å²) in [5, 5.41) is 0.439. The van der Waals surface area contributed by atoms with Crippen molar-refractivity contribution in [1.82, 2.24) is 9.97 Å². The number of fused-ring (bicyclic) bond motifs is 1. The van der Waals surface area contributed by atoms with Gasteiger partial charge in [-0.3, -0.25) is 4.98 Å². The molecule has 0 aliphatic rings. The van der Waals surface area contributed by atoms with E-state index < -0.39 is 25.0 Å². The summed E-state index contributed by atoms with van der Waals surface area (Å²) < 4.78 is 59.6. The Balaban J connectivity index is 2.22. The van der Waals surface area contributed by atoms with Crippen LogP contribution in [0, 0.1) is 0 Å². The Bertz CT molecular complexity index is 1140. The zero-order valence-corrected chi connectivity index (χ0v) is 14.2. The standard InChI is InChI=1S/C15H13FN2O4S2/c1-2-23(19,20)14-4-3-7-17-15(14)13-9-10-8-11(24(16,21)22)5-6-12(10)18-13/h3-9,18H,2H2,1H3. The molecule has 0 unspecified atom stereocenters. The summed E-state index contributed by atoms with van der Waals surface area (Å²) in [6.45, 7) is 1.54. The van der Waals surface area contributed by atoms with E-state index in [1.807, 2.05) is 0 Å². The Morgan fingerprint density at radius 2 is 1.88 bits per heavy atom. The topological polar surface area (TPSA) is 97.0 Å². The third-order valence-corrected chi connectivity index (χ3v) is 6.19. The van der Waals surface area contributed by atoms with E-state index in [9.17, 15) is 20.7 Å². The van der Waals surface area contributed by atoms with Gasteiger partial charge >= 0.3 is 10.2 Å². The van der Waals surface area contributed by atoms with Gasteiger partial charge in [0.15, 0.2) is 9.84 Å². The molecule has 0 fully saturated rings. The van der Waals surface area contributed by atoms with Gasteiger partial charge < -0.3 is 4.98 Å². The van der Waals surface area contributed by atoms with Gasteiger partial charge in [-0.1, -0.05) is 6.92 Å². The molecule has 24 heavy (non-hydrogen) atoms. The molecule has 2 heterocycles. The molecule has 0 atom stereocenters. The minimum absolute atomic E-state index is 0.0732. The van der Waals surface area contributed by atoms with Crippen molar-refractivity contribution in [1.29, 1.82) is 0 Å². The number of H-pyrrole nitrogens is 1. The normalized spacial score (nSPS) is 12.6. The van der Waals surface area contributed by atoms with Crippen molar-refractivity contribution in [2.45, 2.75) is 16.7 Å². The van der Waals surface area contributed by atoms with Crippen LogP contribution in [0.25, 0.3) is 22.3 Å². The van der Waals surface area contributed by atoms with E-state index in [1.54, 1.807) is 6.07 Å². The second kappa shape index (κ2) is 5.67. The molecule has 3 rings (SSSR count). The summed E-state index contributed by atoms with van der Waals surface area (Å²) in [4.78, 5) is 6.74. The fourth-order valence-corrected chi connectivity index (χ4v) is 3.94. The van der Waals surface area contributed by atoms with Crippen LogP contribution >= 0.6 is 0 Å². The predicted octanol–water partition coefficient (Wildman–Crippen LogP) is 2.68. The first kappa shape index (κ1) is 16.6. The van der Waals surface area contributed by atoms with Gasteiger partial charge in [-0.25, -0.2) is 8.42 Å². The third-order valence-electron chi connectivity index (χ3n) is 3.61. The van der Waals surface area contributed by atoms with Gasteiger partial charge in [-0.2, -0.15) is 8.42 Å². The number of aromatic amines is 1. The van der Waals surface area contributed by atoms with Gasteiger partial charge in [0.1, 0.15) is 5.69 Å². The Labute approximate surface area is 138 Å². The van der Waals surface area contributed by atoms with Crippen molar-refractivity contribution in [2.24, 2.45) is 0 Å². The highest BCUT2D eigenvalue weighted by Crippen LogP contribution is 2.29. The summed E-state index contributed by atoms with van der Waals surface area (Å²) in [5.74, 6) is -0.0732. The molecule has 0 aliphatic carbocycles.